The molecule has 0 radical (unpaired) electrons. The number of pyridine rings is 1. The zero-order valence-corrected chi connectivity index (χ0v) is 18.5. The van der Waals surface area contributed by atoms with Crippen LogP contribution in [-0.4, -0.2) is 14.7 Å². The van der Waals surface area contributed by atoms with Crippen LogP contribution in [0.4, 0.5) is 5.69 Å². The molecule has 0 amide bonds. The quantitative estimate of drug-likeness (QED) is 0.391. The second kappa shape index (κ2) is 8.17. The highest BCUT2D eigenvalue weighted by molar-refractivity contribution is 7.80. The summed E-state index contributed by atoms with van der Waals surface area (Å²) >= 11 is 12.0. The molecule has 31 heavy (non-hydrogen) atoms. The molecule has 1 aliphatic heterocycles. The molecule has 4 nitrogen and oxygen atoms in total. The third-order valence-corrected chi connectivity index (χ3v) is 6.23. The number of para-hydroxylation sites is 1. The van der Waals surface area contributed by atoms with Crippen molar-refractivity contribution in [3.05, 3.63) is 113 Å². The zero-order valence-electron chi connectivity index (χ0n) is 16.9. The number of benzene rings is 2. The number of thiocarbonyl (C=S) groups is 1. The highest BCUT2D eigenvalue weighted by atomic mass is 35.5. The maximum atomic E-state index is 6.16. The fraction of sp³-hybridized carbons (Fsp3) is 0.120. The number of hydrogen-bond donors (Lipinski definition) is 1. The van der Waals surface area contributed by atoms with Crippen molar-refractivity contribution >= 4 is 34.6 Å². The van der Waals surface area contributed by atoms with Gasteiger partial charge < -0.3 is 14.8 Å². The van der Waals surface area contributed by atoms with Gasteiger partial charge in [-0.3, -0.25) is 4.98 Å². The molecule has 154 valence electrons. The molecule has 2 aromatic heterocycles. The Balaban J connectivity index is 1.68. The molecular weight excluding hydrogens is 424 g/mol. The van der Waals surface area contributed by atoms with Crippen LogP contribution in [0.2, 0.25) is 5.02 Å². The average molecular weight is 445 g/mol. The third kappa shape index (κ3) is 3.60. The standard InChI is InChI=1S/C25H21ClN4S/c1-17-7-2-3-9-21(17)29-16-6-10-22(29)24-23(20-8-4-5-15-27-20)28-25(31)30(24)19-13-11-18(26)12-14-19/h2-16,23-24H,1H3,(H,28,31)/t23-,24+/m1/s1. The predicted molar refractivity (Wildman–Crippen MR) is 130 cm³/mol. The summed E-state index contributed by atoms with van der Waals surface area (Å²) in [7, 11) is 0. The minimum absolute atomic E-state index is 0.0850. The number of nitrogens with zero attached hydrogens (tertiary/aromatic N) is 3. The molecule has 2 atom stereocenters. The van der Waals surface area contributed by atoms with Crippen LogP contribution in [0.5, 0.6) is 0 Å². The first kappa shape index (κ1) is 19.8. The van der Waals surface area contributed by atoms with Crippen molar-refractivity contribution in [1.29, 1.82) is 0 Å². The zero-order chi connectivity index (χ0) is 21.4. The predicted octanol–water partition coefficient (Wildman–Crippen LogP) is 6.01. The lowest BCUT2D eigenvalue weighted by Gasteiger charge is -2.29. The molecule has 6 heteroatoms. The number of aryl methyl sites for hydroxylation is 1. The van der Waals surface area contributed by atoms with Crippen LogP contribution in [0.1, 0.15) is 29.0 Å². The summed E-state index contributed by atoms with van der Waals surface area (Å²) in [6, 6.07) is 26.2. The van der Waals surface area contributed by atoms with E-state index in [0.29, 0.717) is 10.1 Å². The molecule has 3 heterocycles. The molecule has 2 aromatic carbocycles. The Morgan fingerprint density at radius 2 is 1.71 bits per heavy atom. The molecule has 4 aromatic rings. The van der Waals surface area contributed by atoms with E-state index in [2.05, 4.69) is 69.3 Å². The smallest absolute Gasteiger partial charge is 0.174 e. The lowest BCUT2D eigenvalue weighted by Crippen LogP contribution is -2.30. The first-order valence-corrected chi connectivity index (χ1v) is 10.9. The Hall–Kier alpha value is -3.15. The largest absolute Gasteiger partial charge is 0.351 e. The fourth-order valence-corrected chi connectivity index (χ4v) is 4.70. The van der Waals surface area contributed by atoms with Crippen molar-refractivity contribution in [2.75, 3.05) is 4.90 Å². The van der Waals surface area contributed by atoms with Gasteiger partial charge in [-0.2, -0.15) is 0 Å². The number of hydrogen-bond acceptors (Lipinski definition) is 2. The fourth-order valence-electron chi connectivity index (χ4n) is 4.22. The van der Waals surface area contributed by atoms with Crippen molar-refractivity contribution in [2.24, 2.45) is 0 Å². The van der Waals surface area contributed by atoms with Gasteiger partial charge in [0, 0.05) is 34.5 Å². The van der Waals surface area contributed by atoms with E-state index in [4.69, 9.17) is 23.8 Å². The molecule has 0 bridgehead atoms. The maximum absolute atomic E-state index is 6.16. The van der Waals surface area contributed by atoms with E-state index in [1.165, 1.54) is 5.56 Å². The Labute approximate surface area is 192 Å². The highest BCUT2D eigenvalue weighted by Crippen LogP contribution is 2.42. The summed E-state index contributed by atoms with van der Waals surface area (Å²) in [5.74, 6) is 0. The van der Waals surface area contributed by atoms with E-state index in [9.17, 15) is 0 Å². The van der Waals surface area contributed by atoms with E-state index in [-0.39, 0.29) is 12.1 Å². The molecule has 1 aliphatic rings. The minimum Gasteiger partial charge on any atom is -0.351 e. The van der Waals surface area contributed by atoms with Gasteiger partial charge >= 0.3 is 0 Å². The van der Waals surface area contributed by atoms with Crippen LogP contribution >= 0.6 is 23.8 Å². The van der Waals surface area contributed by atoms with Gasteiger partial charge in [0.05, 0.1) is 11.7 Å². The van der Waals surface area contributed by atoms with Crippen LogP contribution in [-0.2, 0) is 0 Å². The van der Waals surface area contributed by atoms with Gasteiger partial charge in [-0.25, -0.2) is 0 Å². The molecule has 0 aliphatic carbocycles. The molecular formula is C25H21ClN4S. The SMILES string of the molecule is Cc1ccccc1-n1cccc1[C@H]1[C@@H](c2ccccn2)NC(=S)N1c1ccc(Cl)cc1. The lowest BCUT2D eigenvalue weighted by molar-refractivity contribution is 0.549. The first-order valence-electron chi connectivity index (χ1n) is 10.1. The normalized spacial score (nSPS) is 18.3. The second-order valence-corrected chi connectivity index (χ2v) is 8.39. The van der Waals surface area contributed by atoms with Crippen molar-refractivity contribution in [1.82, 2.24) is 14.9 Å². The molecule has 1 saturated heterocycles. The molecule has 1 N–H and O–H groups in total. The highest BCUT2D eigenvalue weighted by Gasteiger charge is 2.42. The van der Waals surface area contributed by atoms with E-state index in [1.807, 2.05) is 48.7 Å². The van der Waals surface area contributed by atoms with Gasteiger partial charge in [0.1, 0.15) is 6.04 Å². The van der Waals surface area contributed by atoms with Crippen LogP contribution in [0.3, 0.4) is 0 Å². The Morgan fingerprint density at radius 3 is 2.45 bits per heavy atom. The van der Waals surface area contributed by atoms with Gasteiger partial charge in [-0.1, -0.05) is 35.9 Å². The Morgan fingerprint density at radius 1 is 0.935 bits per heavy atom. The van der Waals surface area contributed by atoms with Crippen LogP contribution in [0.25, 0.3) is 5.69 Å². The van der Waals surface area contributed by atoms with Gasteiger partial charge in [0.15, 0.2) is 5.11 Å². The Kier molecular flexibility index (Phi) is 5.22. The topological polar surface area (TPSA) is 33.1 Å². The maximum Gasteiger partial charge on any atom is 0.174 e. The average Bonchev–Trinajstić information content (AvgIpc) is 3.39. The summed E-state index contributed by atoms with van der Waals surface area (Å²) in [4.78, 5) is 6.80. The molecule has 0 unspecified atom stereocenters. The number of rotatable bonds is 4. The van der Waals surface area contributed by atoms with Gasteiger partial charge in [0.25, 0.3) is 0 Å². The van der Waals surface area contributed by atoms with Crippen LogP contribution in [0.15, 0.2) is 91.3 Å². The van der Waals surface area contributed by atoms with Crippen molar-refractivity contribution in [3.63, 3.8) is 0 Å². The summed E-state index contributed by atoms with van der Waals surface area (Å²) in [5, 5.41) is 4.88. The summed E-state index contributed by atoms with van der Waals surface area (Å²) < 4.78 is 2.24. The van der Waals surface area contributed by atoms with Crippen molar-refractivity contribution in [3.8, 4) is 5.69 Å². The summed E-state index contributed by atoms with van der Waals surface area (Å²) in [6.45, 7) is 2.13. The molecule has 1 fully saturated rings. The van der Waals surface area contributed by atoms with Crippen molar-refractivity contribution < 1.29 is 0 Å². The first-order chi connectivity index (χ1) is 15.1. The molecule has 5 rings (SSSR count). The summed E-state index contributed by atoms with van der Waals surface area (Å²) in [5.41, 5.74) is 5.43. The summed E-state index contributed by atoms with van der Waals surface area (Å²) in [6.07, 6.45) is 3.93. The van der Waals surface area contributed by atoms with E-state index < -0.39 is 0 Å². The number of anilines is 1. The molecule has 0 spiro atoms. The number of halogens is 1. The third-order valence-electron chi connectivity index (χ3n) is 5.66. The monoisotopic (exact) mass is 444 g/mol. The number of aromatic nitrogens is 2. The Bertz CT molecular complexity index is 1220. The minimum atomic E-state index is -0.0953. The number of nitrogens with one attached hydrogen (secondary N) is 1. The van der Waals surface area contributed by atoms with Gasteiger partial charge in [0.2, 0.25) is 0 Å². The molecule has 0 saturated carbocycles. The van der Waals surface area contributed by atoms with Crippen molar-refractivity contribution in [2.45, 2.75) is 19.0 Å². The van der Waals surface area contributed by atoms with Gasteiger partial charge in [-0.15, -0.1) is 0 Å². The van der Waals surface area contributed by atoms with E-state index in [1.54, 1.807) is 0 Å². The van der Waals surface area contributed by atoms with E-state index in [0.717, 1.165) is 22.8 Å². The van der Waals surface area contributed by atoms with E-state index >= 15 is 0 Å². The second-order valence-electron chi connectivity index (χ2n) is 7.56. The van der Waals surface area contributed by atoms with Crippen LogP contribution < -0.4 is 10.2 Å². The van der Waals surface area contributed by atoms with Gasteiger partial charge in [-0.05, 0) is 79.3 Å². The van der Waals surface area contributed by atoms with Crippen LogP contribution in [0, 0.1) is 6.92 Å². The lowest BCUT2D eigenvalue weighted by atomic mass is 10.0.